The lowest BCUT2D eigenvalue weighted by Gasteiger charge is -2.18. The number of carbonyl (C=O) groups excluding carboxylic acids is 3. The van der Waals surface area contributed by atoms with Crippen LogP contribution < -0.4 is 0 Å². The molecule has 0 heterocycles. The number of unbranched alkanes of at least 4 members (excludes halogenated alkanes) is 22. The molecule has 0 unspecified atom stereocenters. The van der Waals surface area contributed by atoms with Crippen LogP contribution in [0.3, 0.4) is 0 Å². The van der Waals surface area contributed by atoms with Gasteiger partial charge in [-0.3, -0.25) is 14.4 Å². The van der Waals surface area contributed by atoms with Gasteiger partial charge in [-0.1, -0.05) is 175 Å². The van der Waals surface area contributed by atoms with E-state index >= 15 is 0 Å². The highest BCUT2D eigenvalue weighted by molar-refractivity contribution is 5.71. The van der Waals surface area contributed by atoms with Crippen molar-refractivity contribution in [2.75, 3.05) is 13.2 Å². The lowest BCUT2D eigenvalue weighted by Crippen LogP contribution is -2.30. The Balaban J connectivity index is 4.35. The molecule has 1 atom stereocenters. The molecule has 0 aliphatic heterocycles. The Hall–Kier alpha value is -1.59. The first-order chi connectivity index (χ1) is 22.4. The van der Waals surface area contributed by atoms with Gasteiger partial charge in [0.05, 0.1) is 0 Å². The minimum atomic E-state index is -0.757. The number of rotatable bonds is 35. The molecule has 0 saturated carbocycles. The summed E-state index contributed by atoms with van der Waals surface area (Å²) in [6, 6.07) is 0. The molecule has 0 N–H and O–H groups in total. The van der Waals surface area contributed by atoms with Gasteiger partial charge in [0, 0.05) is 19.3 Å². The second-order valence-electron chi connectivity index (χ2n) is 14.0. The summed E-state index contributed by atoms with van der Waals surface area (Å²) in [6.45, 7) is 8.86. The van der Waals surface area contributed by atoms with Gasteiger partial charge in [-0.2, -0.15) is 0 Å². The molecule has 0 aliphatic rings. The van der Waals surface area contributed by atoms with Crippen LogP contribution in [0.5, 0.6) is 0 Å². The number of esters is 3. The van der Waals surface area contributed by atoms with Crippen molar-refractivity contribution in [3.05, 3.63) is 0 Å². The zero-order valence-corrected chi connectivity index (χ0v) is 31.0. The Kier molecular flexibility index (Phi) is 33.5. The van der Waals surface area contributed by atoms with Crippen LogP contribution in [-0.2, 0) is 28.6 Å². The summed E-state index contributed by atoms with van der Waals surface area (Å²) in [5.41, 5.74) is 0. The highest BCUT2D eigenvalue weighted by atomic mass is 16.6. The average Bonchev–Trinajstić information content (AvgIpc) is 3.03. The molecule has 0 bridgehead atoms. The van der Waals surface area contributed by atoms with Crippen LogP contribution in [0.1, 0.15) is 214 Å². The van der Waals surface area contributed by atoms with Crippen molar-refractivity contribution in [3.8, 4) is 0 Å². The van der Waals surface area contributed by atoms with Crippen LogP contribution in [0.15, 0.2) is 0 Å². The molecule has 6 nitrogen and oxygen atoms in total. The highest BCUT2D eigenvalue weighted by Crippen LogP contribution is 2.15. The van der Waals surface area contributed by atoms with E-state index in [1.165, 1.54) is 109 Å². The Bertz CT molecular complexity index is 691. The average molecular weight is 653 g/mol. The lowest BCUT2D eigenvalue weighted by molar-refractivity contribution is -0.167. The van der Waals surface area contributed by atoms with E-state index < -0.39 is 6.10 Å². The zero-order valence-electron chi connectivity index (χ0n) is 31.0. The van der Waals surface area contributed by atoms with Gasteiger partial charge in [-0.25, -0.2) is 0 Å². The maximum Gasteiger partial charge on any atom is 0.306 e. The Morgan fingerprint density at radius 2 is 0.717 bits per heavy atom. The van der Waals surface area contributed by atoms with Gasteiger partial charge >= 0.3 is 17.9 Å². The predicted octanol–water partition coefficient (Wildman–Crippen LogP) is 12.0. The molecular formula is C40H76O6. The van der Waals surface area contributed by atoms with Crippen LogP contribution in [0, 0.1) is 5.92 Å². The fourth-order valence-electron chi connectivity index (χ4n) is 5.74. The van der Waals surface area contributed by atoms with Crippen molar-refractivity contribution in [2.45, 2.75) is 220 Å². The quantitative estimate of drug-likeness (QED) is 0.0385. The summed E-state index contributed by atoms with van der Waals surface area (Å²) in [7, 11) is 0. The van der Waals surface area contributed by atoms with Gasteiger partial charge in [0.1, 0.15) is 13.2 Å². The van der Waals surface area contributed by atoms with E-state index in [-0.39, 0.29) is 31.1 Å². The molecule has 0 aliphatic carbocycles. The first kappa shape index (κ1) is 44.4. The summed E-state index contributed by atoms with van der Waals surface area (Å²) in [5.74, 6) is -0.112. The second kappa shape index (κ2) is 34.7. The number of hydrogen-bond acceptors (Lipinski definition) is 6. The molecule has 0 aromatic heterocycles. The predicted molar refractivity (Wildman–Crippen MR) is 192 cm³/mol. The second-order valence-corrected chi connectivity index (χ2v) is 14.0. The van der Waals surface area contributed by atoms with Crippen LogP contribution >= 0.6 is 0 Å². The van der Waals surface area contributed by atoms with E-state index in [0.29, 0.717) is 19.3 Å². The molecule has 0 fully saturated rings. The van der Waals surface area contributed by atoms with E-state index in [9.17, 15) is 14.4 Å². The molecule has 272 valence electrons. The standard InChI is InChI=1S/C40H76O6/c1-5-7-9-11-13-15-17-19-24-28-32-39(42)45-35-37(46-40(43)33-29-25-21-20-22-26-30-36(3)4)34-44-38(41)31-27-23-18-16-14-12-10-8-6-2/h36-37H,5-35H2,1-4H3/t37-/m1/s1. The van der Waals surface area contributed by atoms with Crippen molar-refractivity contribution in [2.24, 2.45) is 5.92 Å². The molecular weight excluding hydrogens is 576 g/mol. The fourth-order valence-corrected chi connectivity index (χ4v) is 5.74. The fraction of sp³-hybridized carbons (Fsp3) is 0.925. The molecule has 0 rings (SSSR count). The largest absolute Gasteiger partial charge is 0.462 e. The summed E-state index contributed by atoms with van der Waals surface area (Å²) in [4.78, 5) is 37.3. The van der Waals surface area contributed by atoms with Crippen molar-refractivity contribution >= 4 is 17.9 Å². The van der Waals surface area contributed by atoms with E-state index in [1.807, 2.05) is 0 Å². The monoisotopic (exact) mass is 653 g/mol. The third-order valence-corrected chi connectivity index (χ3v) is 8.79. The molecule has 0 radical (unpaired) electrons. The van der Waals surface area contributed by atoms with Crippen LogP contribution in [0.2, 0.25) is 0 Å². The molecule has 46 heavy (non-hydrogen) atoms. The molecule has 0 amide bonds. The van der Waals surface area contributed by atoms with Gasteiger partial charge in [-0.15, -0.1) is 0 Å². The Morgan fingerprint density at radius 1 is 0.413 bits per heavy atom. The number of carbonyl (C=O) groups is 3. The van der Waals surface area contributed by atoms with Crippen LogP contribution in [-0.4, -0.2) is 37.2 Å². The zero-order chi connectivity index (χ0) is 33.9. The smallest absolute Gasteiger partial charge is 0.306 e. The summed E-state index contributed by atoms with van der Waals surface area (Å²) in [5, 5.41) is 0. The third kappa shape index (κ3) is 33.8. The van der Waals surface area contributed by atoms with Gasteiger partial charge in [0.15, 0.2) is 6.10 Å². The molecule has 0 aromatic rings. The number of hydrogen-bond donors (Lipinski definition) is 0. The van der Waals surface area contributed by atoms with Crippen molar-refractivity contribution in [1.82, 2.24) is 0 Å². The molecule has 0 aromatic carbocycles. The first-order valence-corrected chi connectivity index (χ1v) is 19.9. The van der Waals surface area contributed by atoms with Gasteiger partial charge in [0.2, 0.25) is 0 Å². The third-order valence-electron chi connectivity index (χ3n) is 8.79. The van der Waals surface area contributed by atoms with Gasteiger partial charge < -0.3 is 14.2 Å². The van der Waals surface area contributed by atoms with E-state index in [2.05, 4.69) is 27.7 Å². The van der Waals surface area contributed by atoms with Gasteiger partial charge in [-0.05, 0) is 25.2 Å². The molecule has 0 saturated heterocycles. The highest BCUT2D eigenvalue weighted by Gasteiger charge is 2.19. The maximum atomic E-state index is 12.6. The van der Waals surface area contributed by atoms with E-state index in [4.69, 9.17) is 14.2 Å². The van der Waals surface area contributed by atoms with E-state index in [1.54, 1.807) is 0 Å². The van der Waals surface area contributed by atoms with Gasteiger partial charge in [0.25, 0.3) is 0 Å². The Morgan fingerprint density at radius 3 is 1.07 bits per heavy atom. The SMILES string of the molecule is CCCCCCCCCCCCC(=O)OC[C@@H](COC(=O)CCCCCCCCCCC)OC(=O)CCCCCCCCC(C)C. The summed E-state index contributed by atoms with van der Waals surface area (Å²) in [6.07, 6.45) is 31.0. The normalized spacial score (nSPS) is 11.9. The lowest BCUT2D eigenvalue weighted by atomic mass is 10.0. The molecule has 0 spiro atoms. The summed E-state index contributed by atoms with van der Waals surface area (Å²) >= 11 is 0. The van der Waals surface area contributed by atoms with Crippen LogP contribution in [0.25, 0.3) is 0 Å². The summed E-state index contributed by atoms with van der Waals surface area (Å²) < 4.78 is 16.6. The van der Waals surface area contributed by atoms with Crippen molar-refractivity contribution in [1.29, 1.82) is 0 Å². The van der Waals surface area contributed by atoms with Crippen molar-refractivity contribution in [3.63, 3.8) is 0 Å². The Labute approximate surface area is 285 Å². The minimum absolute atomic E-state index is 0.0660. The van der Waals surface area contributed by atoms with Crippen LogP contribution in [0.4, 0.5) is 0 Å². The minimum Gasteiger partial charge on any atom is -0.462 e. The molecule has 6 heteroatoms. The maximum absolute atomic E-state index is 12.6. The topological polar surface area (TPSA) is 78.9 Å². The first-order valence-electron chi connectivity index (χ1n) is 19.9. The van der Waals surface area contributed by atoms with E-state index in [0.717, 1.165) is 63.7 Å². The number of ether oxygens (including phenoxy) is 3. The van der Waals surface area contributed by atoms with Crippen molar-refractivity contribution < 1.29 is 28.6 Å².